The minimum absolute atomic E-state index is 0.255. The monoisotopic (exact) mass is 240 g/mol. The molecular weight excluding hydrogens is 220 g/mol. The summed E-state index contributed by atoms with van der Waals surface area (Å²) in [5.41, 5.74) is 0. The van der Waals surface area contributed by atoms with Crippen molar-refractivity contribution in [1.82, 2.24) is 0 Å². The van der Waals surface area contributed by atoms with Gasteiger partial charge in [-0.2, -0.15) is 11.1 Å². The van der Waals surface area contributed by atoms with E-state index in [1.54, 1.807) is 0 Å². The zero-order valence-electron chi connectivity index (χ0n) is 10.2. The number of halogens is 1. The summed E-state index contributed by atoms with van der Waals surface area (Å²) >= 11 is 6.87. The Balaban J connectivity index is 3.01. The van der Waals surface area contributed by atoms with Gasteiger partial charge in [-0.15, -0.1) is 0 Å². The zero-order valence-corrected chi connectivity index (χ0v) is 11.9. The fourth-order valence-electron chi connectivity index (χ4n) is 2.00. The van der Waals surface area contributed by atoms with Crippen LogP contribution in [0.15, 0.2) is 30.3 Å². The van der Waals surface area contributed by atoms with Gasteiger partial charge in [0.2, 0.25) is 0 Å². The summed E-state index contributed by atoms with van der Waals surface area (Å²) in [6.07, 6.45) is 2.41. The average Bonchev–Trinajstić information content (AvgIpc) is 2.19. The van der Waals surface area contributed by atoms with Crippen LogP contribution in [-0.4, -0.2) is 7.38 Å². The van der Waals surface area contributed by atoms with Crippen LogP contribution < -0.4 is 5.19 Å². The van der Waals surface area contributed by atoms with Crippen molar-refractivity contribution in [3.63, 3.8) is 0 Å². The van der Waals surface area contributed by atoms with Gasteiger partial charge >= 0.3 is 0 Å². The second kappa shape index (κ2) is 4.71. The number of hydrogen-bond acceptors (Lipinski definition) is 0. The first-order valence-corrected chi connectivity index (χ1v) is 9.17. The van der Waals surface area contributed by atoms with Crippen molar-refractivity contribution in [2.24, 2.45) is 0 Å². The highest BCUT2D eigenvalue weighted by Crippen LogP contribution is 2.43. The van der Waals surface area contributed by atoms with Gasteiger partial charge in [-0.1, -0.05) is 64.1 Å². The Kier molecular flexibility index (Phi) is 4.02. The third-order valence-electron chi connectivity index (χ3n) is 3.46. The Morgan fingerprint density at radius 1 is 1.20 bits per heavy atom. The molecule has 0 fully saturated rings. The topological polar surface area (TPSA) is 0 Å². The molecule has 0 saturated heterocycles. The average molecular weight is 241 g/mol. The van der Waals surface area contributed by atoms with Crippen LogP contribution in [0.2, 0.25) is 11.6 Å². The van der Waals surface area contributed by atoms with Gasteiger partial charge in [-0.25, -0.2) is 0 Å². The maximum absolute atomic E-state index is 6.87. The number of rotatable bonds is 4. The third kappa shape index (κ3) is 2.64. The van der Waals surface area contributed by atoms with Crippen molar-refractivity contribution < 1.29 is 0 Å². The summed E-state index contributed by atoms with van der Waals surface area (Å²) in [6.45, 7) is 9.11. The fraction of sp³-hybridized carbons (Fsp3) is 0.538. The van der Waals surface area contributed by atoms with Crippen LogP contribution in [0.3, 0.4) is 0 Å². The molecule has 0 aliphatic heterocycles. The lowest BCUT2D eigenvalue weighted by Gasteiger charge is -2.37. The second-order valence-electron chi connectivity index (χ2n) is 5.00. The van der Waals surface area contributed by atoms with Crippen LogP contribution in [0.5, 0.6) is 0 Å². The van der Waals surface area contributed by atoms with Crippen molar-refractivity contribution in [1.29, 1.82) is 0 Å². The molecule has 0 radical (unpaired) electrons. The quantitative estimate of drug-likeness (QED) is 0.544. The Labute approximate surface area is 99.4 Å². The van der Waals surface area contributed by atoms with Gasteiger partial charge in [-0.3, -0.25) is 0 Å². The first-order valence-electron chi connectivity index (χ1n) is 5.66. The Hall–Kier alpha value is -0.273. The van der Waals surface area contributed by atoms with Crippen LogP contribution in [0.25, 0.3) is 0 Å². The highest BCUT2D eigenvalue weighted by Gasteiger charge is 2.42. The van der Waals surface area contributed by atoms with Gasteiger partial charge in [-0.05, 0) is 16.6 Å². The van der Waals surface area contributed by atoms with Crippen molar-refractivity contribution in [2.45, 2.75) is 45.2 Å². The largest absolute Gasteiger partial charge is 0.189 e. The molecule has 0 aromatic heterocycles. The van der Waals surface area contributed by atoms with E-state index in [9.17, 15) is 0 Å². The summed E-state index contributed by atoms with van der Waals surface area (Å²) in [5.74, 6) is 0. The molecule has 0 aliphatic rings. The lowest BCUT2D eigenvalue weighted by atomic mass is 10.1. The first kappa shape index (κ1) is 12.8. The molecule has 1 unspecified atom stereocenters. The SMILES string of the molecule is CCCC(C)(C)[Si](C)(Cl)c1ccccc1. The smallest absolute Gasteiger partial charge is 0.161 e. The van der Waals surface area contributed by atoms with E-state index >= 15 is 0 Å². The minimum atomic E-state index is -1.86. The predicted molar refractivity (Wildman–Crippen MR) is 72.5 cm³/mol. The van der Waals surface area contributed by atoms with Gasteiger partial charge in [0, 0.05) is 0 Å². The molecule has 1 aromatic rings. The Bertz CT molecular complexity index is 304. The number of benzene rings is 1. The molecule has 0 bridgehead atoms. The van der Waals surface area contributed by atoms with Gasteiger partial charge in [0.25, 0.3) is 0 Å². The molecule has 0 amide bonds. The summed E-state index contributed by atoms with van der Waals surface area (Å²) < 4.78 is 0. The van der Waals surface area contributed by atoms with Crippen LogP contribution in [0.4, 0.5) is 0 Å². The molecule has 0 spiro atoms. The molecule has 0 saturated carbocycles. The molecule has 1 aromatic carbocycles. The third-order valence-corrected chi connectivity index (χ3v) is 9.86. The van der Waals surface area contributed by atoms with Crippen molar-refractivity contribution >= 4 is 23.6 Å². The van der Waals surface area contributed by atoms with Crippen molar-refractivity contribution in [3.05, 3.63) is 30.3 Å². The molecule has 0 nitrogen and oxygen atoms in total. The molecule has 15 heavy (non-hydrogen) atoms. The molecule has 1 rings (SSSR count). The molecule has 1 atom stereocenters. The van der Waals surface area contributed by atoms with Crippen LogP contribution >= 0.6 is 11.1 Å². The summed E-state index contributed by atoms with van der Waals surface area (Å²) in [7, 11) is -1.86. The van der Waals surface area contributed by atoms with E-state index in [0.29, 0.717) is 0 Å². The highest BCUT2D eigenvalue weighted by molar-refractivity contribution is 7.28. The van der Waals surface area contributed by atoms with E-state index in [1.165, 1.54) is 18.0 Å². The van der Waals surface area contributed by atoms with Gasteiger partial charge < -0.3 is 0 Å². The zero-order chi connectivity index (χ0) is 11.5. The lowest BCUT2D eigenvalue weighted by molar-refractivity contribution is 0.584. The summed E-state index contributed by atoms with van der Waals surface area (Å²) in [5, 5.41) is 1.61. The van der Waals surface area contributed by atoms with Crippen LogP contribution in [-0.2, 0) is 0 Å². The Morgan fingerprint density at radius 3 is 2.20 bits per heavy atom. The van der Waals surface area contributed by atoms with Crippen molar-refractivity contribution in [2.75, 3.05) is 0 Å². The molecule has 0 aliphatic carbocycles. The molecule has 0 heterocycles. The molecule has 2 heteroatoms. The Morgan fingerprint density at radius 2 is 1.73 bits per heavy atom. The highest BCUT2D eigenvalue weighted by atomic mass is 35.6. The lowest BCUT2D eigenvalue weighted by Crippen LogP contribution is -2.48. The van der Waals surface area contributed by atoms with Crippen molar-refractivity contribution in [3.8, 4) is 0 Å². The summed E-state index contributed by atoms with van der Waals surface area (Å²) in [6, 6.07) is 10.6. The van der Waals surface area contributed by atoms with Crippen LogP contribution in [0, 0.1) is 0 Å². The van der Waals surface area contributed by atoms with Gasteiger partial charge in [0.1, 0.15) is 0 Å². The predicted octanol–water partition coefficient (Wildman–Crippen LogP) is 4.29. The second-order valence-corrected chi connectivity index (χ2v) is 11.2. The van der Waals surface area contributed by atoms with Gasteiger partial charge in [0.05, 0.1) is 0 Å². The van der Waals surface area contributed by atoms with E-state index in [0.717, 1.165) is 0 Å². The maximum atomic E-state index is 6.87. The molecular formula is C13H21ClSi. The minimum Gasteiger partial charge on any atom is -0.161 e. The normalized spacial score (nSPS) is 16.1. The van der Waals surface area contributed by atoms with E-state index in [1.807, 2.05) is 0 Å². The first-order chi connectivity index (χ1) is 6.92. The maximum Gasteiger partial charge on any atom is 0.189 e. The van der Waals surface area contributed by atoms with E-state index in [-0.39, 0.29) is 5.04 Å². The fourth-order valence-corrected chi connectivity index (χ4v) is 4.98. The summed E-state index contributed by atoms with van der Waals surface area (Å²) in [4.78, 5) is 0. The van der Waals surface area contributed by atoms with Crippen LogP contribution in [0.1, 0.15) is 33.6 Å². The molecule has 84 valence electrons. The van der Waals surface area contributed by atoms with E-state index in [4.69, 9.17) is 11.1 Å². The molecule has 0 N–H and O–H groups in total. The number of hydrogen-bond donors (Lipinski definition) is 0. The van der Waals surface area contributed by atoms with E-state index in [2.05, 4.69) is 57.7 Å². The van der Waals surface area contributed by atoms with E-state index < -0.39 is 7.38 Å². The van der Waals surface area contributed by atoms with Gasteiger partial charge in [0.15, 0.2) is 7.38 Å². The standard InChI is InChI=1S/C13H21ClSi/c1-5-11-13(2,3)15(4,14)12-9-7-6-8-10-12/h6-10H,5,11H2,1-4H3.